The van der Waals surface area contributed by atoms with Gasteiger partial charge in [-0.15, -0.1) is 0 Å². The van der Waals surface area contributed by atoms with E-state index in [0.29, 0.717) is 25.2 Å². The number of benzene rings is 1. The van der Waals surface area contributed by atoms with Gasteiger partial charge in [-0.2, -0.15) is 0 Å². The number of rotatable bonds is 3. The van der Waals surface area contributed by atoms with Crippen LogP contribution in [-0.2, 0) is 9.47 Å². The molecule has 0 saturated carbocycles. The Balaban J connectivity index is 2.01. The van der Waals surface area contributed by atoms with Gasteiger partial charge in [-0.1, -0.05) is 0 Å². The van der Waals surface area contributed by atoms with Crippen LogP contribution in [0.25, 0.3) is 0 Å². The second-order valence-electron chi connectivity index (χ2n) is 3.69. The molecule has 90 valence electrons. The fraction of sp³-hybridized carbons (Fsp3) is 0.364. The van der Waals surface area contributed by atoms with Crippen molar-refractivity contribution in [3.05, 3.63) is 39.9 Å². The van der Waals surface area contributed by atoms with E-state index in [2.05, 4.69) is 0 Å². The lowest BCUT2D eigenvalue weighted by atomic mass is 10.2. The molecule has 0 bridgehead atoms. The number of carbonyl (C=O) groups is 1. The number of hydrogen-bond acceptors (Lipinski definition) is 5. The molecule has 17 heavy (non-hydrogen) atoms. The van der Waals surface area contributed by atoms with Crippen LogP contribution in [0.5, 0.6) is 0 Å². The number of nitro groups is 1. The SMILES string of the molecule is O=C(OC1CCOC1)c1ccc([N+](=O)[O-])cc1. The molecule has 0 aliphatic carbocycles. The lowest BCUT2D eigenvalue weighted by molar-refractivity contribution is -0.384. The summed E-state index contributed by atoms with van der Waals surface area (Å²) in [6.07, 6.45) is 0.483. The molecule has 1 aliphatic rings. The monoisotopic (exact) mass is 237 g/mol. The highest BCUT2D eigenvalue weighted by Gasteiger charge is 2.21. The molecule has 1 aromatic carbocycles. The lowest BCUT2D eigenvalue weighted by Gasteiger charge is -2.09. The zero-order valence-electron chi connectivity index (χ0n) is 9.00. The average Bonchev–Trinajstić information content (AvgIpc) is 2.82. The predicted molar refractivity (Wildman–Crippen MR) is 57.7 cm³/mol. The number of carbonyl (C=O) groups excluding carboxylic acids is 1. The predicted octanol–water partition coefficient (Wildman–Crippen LogP) is 1.54. The van der Waals surface area contributed by atoms with Crippen LogP contribution in [0.1, 0.15) is 16.8 Å². The van der Waals surface area contributed by atoms with Crippen molar-refractivity contribution >= 4 is 11.7 Å². The van der Waals surface area contributed by atoms with Crippen molar-refractivity contribution in [2.24, 2.45) is 0 Å². The Labute approximate surface area is 97.3 Å². The van der Waals surface area contributed by atoms with Crippen LogP contribution in [0.2, 0.25) is 0 Å². The van der Waals surface area contributed by atoms with Gasteiger partial charge in [0.2, 0.25) is 0 Å². The van der Waals surface area contributed by atoms with Crippen molar-refractivity contribution in [1.82, 2.24) is 0 Å². The first-order chi connectivity index (χ1) is 8.16. The summed E-state index contributed by atoms with van der Waals surface area (Å²) in [5.74, 6) is -0.476. The van der Waals surface area contributed by atoms with Crippen LogP contribution in [-0.4, -0.2) is 30.2 Å². The number of esters is 1. The summed E-state index contributed by atoms with van der Waals surface area (Å²) in [4.78, 5) is 21.6. The summed E-state index contributed by atoms with van der Waals surface area (Å²) in [7, 11) is 0. The molecule has 6 heteroatoms. The van der Waals surface area contributed by atoms with Gasteiger partial charge >= 0.3 is 5.97 Å². The molecule has 0 radical (unpaired) electrons. The molecule has 6 nitrogen and oxygen atoms in total. The summed E-state index contributed by atoms with van der Waals surface area (Å²) in [5.41, 5.74) is 0.258. The van der Waals surface area contributed by atoms with Crippen LogP contribution in [0.4, 0.5) is 5.69 Å². The molecular weight excluding hydrogens is 226 g/mol. The van der Waals surface area contributed by atoms with Crippen LogP contribution >= 0.6 is 0 Å². The van der Waals surface area contributed by atoms with E-state index in [1.54, 1.807) is 0 Å². The molecule has 1 fully saturated rings. The smallest absolute Gasteiger partial charge is 0.338 e. The van der Waals surface area contributed by atoms with Gasteiger partial charge in [-0.25, -0.2) is 4.79 Å². The van der Waals surface area contributed by atoms with E-state index in [-0.39, 0.29) is 11.8 Å². The highest BCUT2D eigenvalue weighted by atomic mass is 16.6. The fourth-order valence-corrected chi connectivity index (χ4v) is 1.54. The fourth-order valence-electron chi connectivity index (χ4n) is 1.54. The Hall–Kier alpha value is -1.95. The third-order valence-corrected chi connectivity index (χ3v) is 2.48. The standard InChI is InChI=1S/C11H11NO5/c13-11(17-10-5-6-16-7-10)8-1-3-9(4-2-8)12(14)15/h1-4,10H,5-7H2. The molecule has 2 rings (SSSR count). The molecule has 0 aromatic heterocycles. The van der Waals surface area contributed by atoms with E-state index in [0.717, 1.165) is 0 Å². The zero-order chi connectivity index (χ0) is 12.3. The van der Waals surface area contributed by atoms with Crippen molar-refractivity contribution in [3.63, 3.8) is 0 Å². The summed E-state index contributed by atoms with van der Waals surface area (Å²) < 4.78 is 10.2. The van der Waals surface area contributed by atoms with Gasteiger partial charge < -0.3 is 9.47 Å². The van der Waals surface area contributed by atoms with Gasteiger partial charge in [0, 0.05) is 18.6 Å². The Morgan fingerprint density at radius 2 is 2.12 bits per heavy atom. The second-order valence-corrected chi connectivity index (χ2v) is 3.69. The Bertz CT molecular complexity index is 422. The highest BCUT2D eigenvalue weighted by molar-refractivity contribution is 5.89. The largest absolute Gasteiger partial charge is 0.456 e. The Morgan fingerprint density at radius 3 is 2.65 bits per heavy atom. The molecule has 0 N–H and O–H groups in total. The number of non-ortho nitro benzene ring substituents is 1. The van der Waals surface area contributed by atoms with Gasteiger partial charge in [0.25, 0.3) is 5.69 Å². The molecule has 1 aliphatic heterocycles. The molecular formula is C11H11NO5. The summed E-state index contributed by atoms with van der Waals surface area (Å²) >= 11 is 0. The number of nitro benzene ring substituents is 1. The quantitative estimate of drug-likeness (QED) is 0.452. The maximum Gasteiger partial charge on any atom is 0.338 e. The molecule has 0 spiro atoms. The second kappa shape index (κ2) is 4.92. The normalized spacial score (nSPS) is 18.9. The third kappa shape index (κ3) is 2.79. The van der Waals surface area contributed by atoms with Crippen molar-refractivity contribution in [1.29, 1.82) is 0 Å². The third-order valence-electron chi connectivity index (χ3n) is 2.48. The van der Waals surface area contributed by atoms with Crippen LogP contribution in [0, 0.1) is 10.1 Å². The van der Waals surface area contributed by atoms with E-state index in [9.17, 15) is 14.9 Å². The van der Waals surface area contributed by atoms with Crippen molar-refractivity contribution in [3.8, 4) is 0 Å². The molecule has 0 amide bonds. The Kier molecular flexibility index (Phi) is 3.34. The topological polar surface area (TPSA) is 78.7 Å². The first-order valence-corrected chi connectivity index (χ1v) is 5.20. The van der Waals surface area contributed by atoms with Gasteiger partial charge in [0.1, 0.15) is 6.10 Å². The van der Waals surface area contributed by atoms with Crippen molar-refractivity contribution < 1.29 is 19.2 Å². The van der Waals surface area contributed by atoms with E-state index in [1.807, 2.05) is 0 Å². The minimum absolute atomic E-state index is 0.0502. The van der Waals surface area contributed by atoms with Gasteiger partial charge in [0.15, 0.2) is 0 Å². The minimum Gasteiger partial charge on any atom is -0.456 e. The van der Waals surface area contributed by atoms with Crippen molar-refractivity contribution in [2.75, 3.05) is 13.2 Å². The molecule has 1 heterocycles. The first-order valence-electron chi connectivity index (χ1n) is 5.20. The van der Waals surface area contributed by atoms with Crippen LogP contribution in [0.3, 0.4) is 0 Å². The maximum absolute atomic E-state index is 11.6. The summed E-state index contributed by atoms with van der Waals surface area (Å²) in [6.45, 7) is 1.01. The Morgan fingerprint density at radius 1 is 1.41 bits per heavy atom. The highest BCUT2D eigenvalue weighted by Crippen LogP contribution is 2.15. The number of nitrogens with zero attached hydrogens (tertiary/aromatic N) is 1. The van der Waals surface area contributed by atoms with Crippen molar-refractivity contribution in [2.45, 2.75) is 12.5 Å². The minimum atomic E-state index is -0.514. The zero-order valence-corrected chi connectivity index (χ0v) is 9.00. The number of ether oxygens (including phenoxy) is 2. The summed E-state index contributed by atoms with van der Waals surface area (Å²) in [6, 6.07) is 5.33. The molecule has 1 unspecified atom stereocenters. The van der Waals surface area contributed by atoms with E-state index in [4.69, 9.17) is 9.47 Å². The van der Waals surface area contributed by atoms with E-state index in [1.165, 1.54) is 24.3 Å². The van der Waals surface area contributed by atoms with Gasteiger partial charge in [-0.3, -0.25) is 10.1 Å². The van der Waals surface area contributed by atoms with Crippen LogP contribution in [0.15, 0.2) is 24.3 Å². The van der Waals surface area contributed by atoms with E-state index < -0.39 is 10.9 Å². The average molecular weight is 237 g/mol. The van der Waals surface area contributed by atoms with Gasteiger partial charge in [-0.05, 0) is 12.1 Å². The van der Waals surface area contributed by atoms with Crippen LogP contribution < -0.4 is 0 Å². The maximum atomic E-state index is 11.6. The molecule has 1 atom stereocenters. The van der Waals surface area contributed by atoms with E-state index >= 15 is 0 Å². The van der Waals surface area contributed by atoms with Gasteiger partial charge in [0.05, 0.1) is 23.7 Å². The summed E-state index contributed by atoms with van der Waals surface area (Å²) in [5, 5.41) is 10.4. The first kappa shape index (κ1) is 11.5. The number of hydrogen-bond donors (Lipinski definition) is 0. The molecule has 1 saturated heterocycles. The molecule has 1 aromatic rings. The lowest BCUT2D eigenvalue weighted by Crippen LogP contribution is -2.18.